The Labute approximate surface area is 156 Å². The molecule has 3 aromatic rings. The van der Waals surface area contributed by atoms with E-state index in [1.165, 1.54) is 16.9 Å². The monoisotopic (exact) mass is 367 g/mol. The average molecular weight is 367 g/mol. The summed E-state index contributed by atoms with van der Waals surface area (Å²) in [5, 5.41) is 4.54. The van der Waals surface area contributed by atoms with Crippen LogP contribution >= 0.6 is 11.3 Å². The summed E-state index contributed by atoms with van der Waals surface area (Å²) in [6, 6.07) is 7.29. The van der Waals surface area contributed by atoms with Crippen molar-refractivity contribution in [1.29, 1.82) is 0 Å². The van der Waals surface area contributed by atoms with Gasteiger partial charge in [0.15, 0.2) is 0 Å². The largest absolute Gasteiger partial charge is 0.462 e. The number of hydrogen-bond donors (Lipinski definition) is 1. The van der Waals surface area contributed by atoms with Crippen molar-refractivity contribution in [2.45, 2.75) is 33.1 Å². The average Bonchev–Trinajstić information content (AvgIpc) is 3.01. The highest BCUT2D eigenvalue weighted by Crippen LogP contribution is 2.40. The van der Waals surface area contributed by atoms with Gasteiger partial charge in [-0.15, -0.1) is 11.3 Å². The zero-order valence-corrected chi connectivity index (χ0v) is 15.7. The van der Waals surface area contributed by atoms with E-state index in [4.69, 9.17) is 4.74 Å². The Kier molecular flexibility index (Phi) is 4.59. The van der Waals surface area contributed by atoms with Crippen LogP contribution in [0.15, 0.2) is 30.6 Å². The number of ether oxygens (including phenoxy) is 1. The molecule has 2 aromatic heterocycles. The zero-order valence-electron chi connectivity index (χ0n) is 14.9. The molecule has 1 atom stereocenters. The van der Waals surface area contributed by atoms with Gasteiger partial charge in [0.25, 0.3) is 0 Å². The molecular weight excluding hydrogens is 346 g/mol. The molecule has 1 N–H and O–H groups in total. The van der Waals surface area contributed by atoms with Crippen LogP contribution in [0.3, 0.4) is 0 Å². The van der Waals surface area contributed by atoms with Crippen molar-refractivity contribution < 1.29 is 9.53 Å². The summed E-state index contributed by atoms with van der Waals surface area (Å²) in [5.74, 6) is 1.27. The van der Waals surface area contributed by atoms with Crippen LogP contribution in [0, 0.1) is 5.92 Å². The van der Waals surface area contributed by atoms with Crippen molar-refractivity contribution in [3.8, 4) is 0 Å². The molecule has 5 nitrogen and oxygen atoms in total. The molecule has 0 bridgehead atoms. The molecule has 0 unspecified atom stereocenters. The highest BCUT2D eigenvalue weighted by atomic mass is 32.1. The number of carbonyl (C=O) groups is 1. The van der Waals surface area contributed by atoms with E-state index in [9.17, 15) is 4.79 Å². The van der Waals surface area contributed by atoms with E-state index in [1.54, 1.807) is 36.7 Å². The number of thiophene rings is 1. The lowest BCUT2D eigenvalue weighted by molar-refractivity contribution is 0.0526. The second-order valence-electron chi connectivity index (χ2n) is 6.68. The van der Waals surface area contributed by atoms with Crippen LogP contribution in [0.1, 0.15) is 41.1 Å². The minimum atomic E-state index is -0.301. The quantitative estimate of drug-likeness (QED) is 0.675. The van der Waals surface area contributed by atoms with Crippen molar-refractivity contribution >= 4 is 39.0 Å². The van der Waals surface area contributed by atoms with E-state index >= 15 is 0 Å². The standard InChI is InChI=1S/C20H21N3O2S/c1-3-25-20(24)13-5-7-14(8-6-13)23-18-17-15-9-4-12(2)10-16(15)26-19(17)22-11-21-18/h5-8,11-12H,3-4,9-10H2,1-2H3,(H,21,22,23)/t12-/m0/s1. The molecule has 0 saturated carbocycles. The number of carbonyl (C=O) groups excluding carboxylic acids is 1. The van der Waals surface area contributed by atoms with Gasteiger partial charge in [-0.1, -0.05) is 6.92 Å². The fourth-order valence-corrected chi connectivity index (χ4v) is 4.76. The maximum Gasteiger partial charge on any atom is 0.338 e. The van der Waals surface area contributed by atoms with Crippen LogP contribution < -0.4 is 5.32 Å². The molecule has 1 aliphatic rings. The van der Waals surface area contributed by atoms with E-state index < -0.39 is 0 Å². The fourth-order valence-electron chi connectivity index (χ4n) is 3.41. The van der Waals surface area contributed by atoms with Gasteiger partial charge in [0, 0.05) is 10.6 Å². The Balaban J connectivity index is 1.64. The molecule has 134 valence electrons. The first kappa shape index (κ1) is 17.0. The molecule has 2 heterocycles. The summed E-state index contributed by atoms with van der Waals surface area (Å²) in [5.41, 5.74) is 2.84. The molecule has 0 spiro atoms. The van der Waals surface area contributed by atoms with Gasteiger partial charge >= 0.3 is 5.97 Å². The molecule has 0 amide bonds. The minimum Gasteiger partial charge on any atom is -0.462 e. The van der Waals surface area contributed by atoms with Crippen molar-refractivity contribution in [3.05, 3.63) is 46.6 Å². The molecule has 0 aliphatic heterocycles. The SMILES string of the molecule is CCOC(=O)c1ccc(Nc2ncnc3sc4c(c23)CC[C@H](C)C4)cc1. The van der Waals surface area contributed by atoms with Gasteiger partial charge in [0.05, 0.1) is 17.6 Å². The predicted molar refractivity (Wildman–Crippen MR) is 104 cm³/mol. The van der Waals surface area contributed by atoms with Crippen LogP contribution in [-0.2, 0) is 17.6 Å². The number of anilines is 2. The summed E-state index contributed by atoms with van der Waals surface area (Å²) in [6.07, 6.45) is 5.04. The molecule has 1 aliphatic carbocycles. The Morgan fingerprint density at radius 1 is 1.31 bits per heavy atom. The van der Waals surface area contributed by atoms with Crippen LogP contribution in [-0.4, -0.2) is 22.5 Å². The van der Waals surface area contributed by atoms with Crippen molar-refractivity contribution in [1.82, 2.24) is 9.97 Å². The molecule has 4 rings (SSSR count). The lowest BCUT2D eigenvalue weighted by Crippen LogP contribution is -2.09. The first-order valence-corrected chi connectivity index (χ1v) is 9.76. The van der Waals surface area contributed by atoms with Gasteiger partial charge in [-0.25, -0.2) is 14.8 Å². The van der Waals surface area contributed by atoms with E-state index in [2.05, 4.69) is 22.2 Å². The third-order valence-corrected chi connectivity index (χ3v) is 5.91. The molecule has 1 aromatic carbocycles. The number of hydrogen-bond acceptors (Lipinski definition) is 6. The van der Waals surface area contributed by atoms with Crippen LogP contribution in [0.4, 0.5) is 11.5 Å². The number of fused-ring (bicyclic) bond motifs is 3. The Morgan fingerprint density at radius 3 is 2.88 bits per heavy atom. The maximum atomic E-state index is 11.8. The number of rotatable bonds is 4. The summed E-state index contributed by atoms with van der Waals surface area (Å²) in [4.78, 5) is 23.2. The maximum absolute atomic E-state index is 11.8. The smallest absolute Gasteiger partial charge is 0.338 e. The summed E-state index contributed by atoms with van der Waals surface area (Å²) >= 11 is 1.79. The van der Waals surface area contributed by atoms with Crippen molar-refractivity contribution in [2.75, 3.05) is 11.9 Å². The second-order valence-corrected chi connectivity index (χ2v) is 7.76. The molecule has 0 fully saturated rings. The number of nitrogens with zero attached hydrogens (tertiary/aromatic N) is 2. The molecule has 26 heavy (non-hydrogen) atoms. The number of nitrogens with one attached hydrogen (secondary N) is 1. The van der Waals surface area contributed by atoms with Gasteiger partial charge in [0.1, 0.15) is 17.0 Å². The highest BCUT2D eigenvalue weighted by Gasteiger charge is 2.23. The summed E-state index contributed by atoms with van der Waals surface area (Å²) in [7, 11) is 0. The lowest BCUT2D eigenvalue weighted by Gasteiger charge is -2.18. The fraction of sp³-hybridized carbons (Fsp3) is 0.350. The Morgan fingerprint density at radius 2 is 2.12 bits per heavy atom. The first-order chi connectivity index (χ1) is 12.7. The highest BCUT2D eigenvalue weighted by molar-refractivity contribution is 7.19. The van der Waals surface area contributed by atoms with Crippen molar-refractivity contribution in [2.24, 2.45) is 5.92 Å². The second kappa shape index (κ2) is 7.03. The lowest BCUT2D eigenvalue weighted by atomic mass is 9.89. The van der Waals surface area contributed by atoms with E-state index in [1.807, 2.05) is 12.1 Å². The topological polar surface area (TPSA) is 64.1 Å². The first-order valence-electron chi connectivity index (χ1n) is 8.95. The number of aromatic nitrogens is 2. The number of esters is 1. The van der Waals surface area contributed by atoms with Crippen molar-refractivity contribution in [3.63, 3.8) is 0 Å². The Hall–Kier alpha value is -2.47. The number of aryl methyl sites for hydroxylation is 1. The zero-order chi connectivity index (χ0) is 18.1. The van der Waals surface area contributed by atoms with Crippen LogP contribution in [0.25, 0.3) is 10.2 Å². The summed E-state index contributed by atoms with van der Waals surface area (Å²) < 4.78 is 5.03. The predicted octanol–water partition coefficient (Wildman–Crippen LogP) is 4.74. The van der Waals surface area contributed by atoms with E-state index in [0.717, 1.165) is 40.5 Å². The van der Waals surface area contributed by atoms with Gasteiger partial charge in [-0.2, -0.15) is 0 Å². The number of benzene rings is 1. The van der Waals surface area contributed by atoms with Gasteiger partial charge < -0.3 is 10.1 Å². The van der Waals surface area contributed by atoms with E-state index in [-0.39, 0.29) is 5.97 Å². The molecule has 6 heteroatoms. The minimum absolute atomic E-state index is 0.301. The van der Waals surface area contributed by atoms with Crippen LogP contribution in [0.2, 0.25) is 0 Å². The van der Waals surface area contributed by atoms with Gasteiger partial charge in [-0.05, 0) is 61.9 Å². The summed E-state index contributed by atoms with van der Waals surface area (Å²) in [6.45, 7) is 4.49. The van der Waals surface area contributed by atoms with E-state index in [0.29, 0.717) is 12.2 Å². The molecule has 0 radical (unpaired) electrons. The van der Waals surface area contributed by atoms with Crippen LogP contribution in [0.5, 0.6) is 0 Å². The third kappa shape index (κ3) is 3.17. The Bertz CT molecular complexity index is 950. The normalized spacial score (nSPS) is 16.3. The molecule has 0 saturated heterocycles. The third-order valence-electron chi connectivity index (χ3n) is 4.75. The van der Waals surface area contributed by atoms with Gasteiger partial charge in [-0.3, -0.25) is 0 Å². The van der Waals surface area contributed by atoms with Gasteiger partial charge in [0.2, 0.25) is 0 Å². The molecular formula is C20H21N3O2S.